The molecule has 3 N–H and O–H groups in total. The molecular formula is C16H22N2O7. The molecule has 1 unspecified atom stereocenters. The zero-order chi connectivity index (χ0) is 19.4. The van der Waals surface area contributed by atoms with Crippen LogP contribution in [0.25, 0.3) is 0 Å². The number of carboxylic acid groups (broad SMARTS) is 1. The first-order chi connectivity index (χ1) is 11.4. The first-order valence-electron chi connectivity index (χ1n) is 7.55. The van der Waals surface area contributed by atoms with Crippen LogP contribution in [0.1, 0.15) is 44.4 Å². The van der Waals surface area contributed by atoms with Crippen LogP contribution >= 0.6 is 0 Å². The van der Waals surface area contributed by atoms with E-state index in [-0.39, 0.29) is 11.3 Å². The minimum atomic E-state index is -1.46. The van der Waals surface area contributed by atoms with Crippen LogP contribution in [0.15, 0.2) is 18.2 Å². The van der Waals surface area contributed by atoms with Crippen LogP contribution in [0.5, 0.6) is 0 Å². The summed E-state index contributed by atoms with van der Waals surface area (Å²) in [6, 6.07) is 2.67. The number of amides is 1. The maximum absolute atomic E-state index is 11.9. The lowest BCUT2D eigenvalue weighted by atomic mass is 9.95. The van der Waals surface area contributed by atoms with E-state index in [2.05, 4.69) is 5.32 Å². The highest BCUT2D eigenvalue weighted by atomic mass is 16.6. The number of aryl methyl sites for hydroxylation is 1. The van der Waals surface area contributed by atoms with E-state index < -0.39 is 41.2 Å². The largest absolute Gasteiger partial charge is 0.481 e. The molecule has 0 aliphatic carbocycles. The Balaban J connectivity index is 3.10. The molecule has 0 fully saturated rings. The molecule has 0 bridgehead atoms. The van der Waals surface area contributed by atoms with E-state index in [0.29, 0.717) is 5.56 Å². The van der Waals surface area contributed by atoms with Gasteiger partial charge in [0.25, 0.3) is 5.69 Å². The number of carbonyl (C=O) groups excluding carboxylic acids is 1. The Morgan fingerprint density at radius 3 is 2.44 bits per heavy atom. The van der Waals surface area contributed by atoms with Gasteiger partial charge in [0.05, 0.1) is 17.4 Å². The van der Waals surface area contributed by atoms with Crippen molar-refractivity contribution in [3.63, 3.8) is 0 Å². The predicted molar refractivity (Wildman–Crippen MR) is 88.2 cm³/mol. The minimum Gasteiger partial charge on any atom is -0.481 e. The van der Waals surface area contributed by atoms with E-state index in [9.17, 15) is 24.8 Å². The zero-order valence-electron chi connectivity index (χ0n) is 14.5. The lowest BCUT2D eigenvalue weighted by Crippen LogP contribution is -2.43. The zero-order valence-corrected chi connectivity index (χ0v) is 14.5. The summed E-state index contributed by atoms with van der Waals surface area (Å²) in [6.45, 7) is 6.54. The summed E-state index contributed by atoms with van der Waals surface area (Å²) >= 11 is 0. The van der Waals surface area contributed by atoms with E-state index in [0.717, 1.165) is 6.07 Å². The first kappa shape index (κ1) is 20.4. The summed E-state index contributed by atoms with van der Waals surface area (Å²) in [5, 5.41) is 32.8. The fourth-order valence-corrected chi connectivity index (χ4v) is 2.17. The number of nitro groups is 1. The maximum atomic E-state index is 11.9. The normalized spacial score (nSPS) is 13.6. The number of hydrogen-bond acceptors (Lipinski definition) is 6. The van der Waals surface area contributed by atoms with Gasteiger partial charge in [0.15, 0.2) is 0 Å². The molecule has 1 amide bonds. The molecular weight excluding hydrogens is 332 g/mol. The second kappa shape index (κ2) is 7.93. The number of alkyl carbamates (subject to hydrolysis) is 1. The Labute approximate surface area is 144 Å². The van der Waals surface area contributed by atoms with Crippen LogP contribution in [0.2, 0.25) is 0 Å². The Morgan fingerprint density at radius 1 is 1.36 bits per heavy atom. The Hall–Kier alpha value is -2.68. The average molecular weight is 354 g/mol. The van der Waals surface area contributed by atoms with Crippen molar-refractivity contribution in [2.24, 2.45) is 0 Å². The van der Waals surface area contributed by atoms with Gasteiger partial charge in [-0.3, -0.25) is 14.9 Å². The number of nitrogens with one attached hydrogen (secondary N) is 1. The quantitative estimate of drug-likeness (QED) is 0.526. The number of aliphatic hydroxyl groups excluding tert-OH is 1. The Kier molecular flexibility index (Phi) is 6.46. The van der Waals surface area contributed by atoms with Gasteiger partial charge >= 0.3 is 12.1 Å². The number of carboxylic acids is 1. The number of ether oxygens (including phenoxy) is 1. The summed E-state index contributed by atoms with van der Waals surface area (Å²) < 4.78 is 5.07. The smallest absolute Gasteiger partial charge is 0.407 e. The second-order valence-electron chi connectivity index (χ2n) is 6.59. The third-order valence-corrected chi connectivity index (χ3v) is 3.27. The molecule has 1 aromatic carbocycles. The number of hydrogen-bond donors (Lipinski definition) is 3. The van der Waals surface area contributed by atoms with Crippen LogP contribution < -0.4 is 5.32 Å². The van der Waals surface area contributed by atoms with E-state index in [1.807, 2.05) is 0 Å². The molecule has 0 aliphatic heterocycles. The molecule has 0 aliphatic rings. The van der Waals surface area contributed by atoms with Crippen molar-refractivity contribution in [1.82, 2.24) is 5.32 Å². The van der Waals surface area contributed by atoms with Gasteiger partial charge in [0.2, 0.25) is 0 Å². The third-order valence-electron chi connectivity index (χ3n) is 3.27. The summed E-state index contributed by atoms with van der Waals surface area (Å²) in [5.74, 6) is -1.25. The van der Waals surface area contributed by atoms with Gasteiger partial charge in [-0.15, -0.1) is 0 Å². The van der Waals surface area contributed by atoms with Crippen molar-refractivity contribution in [2.45, 2.75) is 51.9 Å². The van der Waals surface area contributed by atoms with Gasteiger partial charge < -0.3 is 20.3 Å². The van der Waals surface area contributed by atoms with Crippen LogP contribution in [-0.2, 0) is 9.53 Å². The number of aliphatic hydroxyl groups is 1. The Bertz CT molecular complexity index is 667. The highest BCUT2D eigenvalue weighted by Crippen LogP contribution is 2.27. The number of non-ortho nitro benzene ring substituents is 1. The van der Waals surface area contributed by atoms with Crippen LogP contribution in [0, 0.1) is 17.0 Å². The van der Waals surface area contributed by atoms with E-state index >= 15 is 0 Å². The lowest BCUT2D eigenvalue weighted by Gasteiger charge is -2.26. The predicted octanol–water partition coefficient (Wildman–Crippen LogP) is 2.30. The third kappa shape index (κ3) is 6.38. The van der Waals surface area contributed by atoms with Gasteiger partial charge in [0.1, 0.15) is 11.7 Å². The lowest BCUT2D eigenvalue weighted by molar-refractivity contribution is -0.385. The van der Waals surface area contributed by atoms with Crippen LogP contribution in [-0.4, -0.2) is 38.8 Å². The molecule has 9 heteroatoms. The van der Waals surface area contributed by atoms with Gasteiger partial charge in [-0.1, -0.05) is 6.07 Å². The fraction of sp³-hybridized carbons (Fsp3) is 0.500. The highest BCUT2D eigenvalue weighted by molar-refractivity contribution is 5.72. The number of nitro benzene ring substituents is 1. The van der Waals surface area contributed by atoms with Crippen molar-refractivity contribution < 1.29 is 29.5 Å². The van der Waals surface area contributed by atoms with Crippen LogP contribution in [0.3, 0.4) is 0 Å². The molecule has 1 rings (SSSR count). The van der Waals surface area contributed by atoms with Crippen molar-refractivity contribution in [3.05, 3.63) is 39.4 Å². The summed E-state index contributed by atoms with van der Waals surface area (Å²) in [4.78, 5) is 33.2. The SMILES string of the molecule is Cc1ccc([N+](=O)[O-])cc1C(O)[C@@H](CC(=O)O)NC(=O)OC(C)(C)C. The summed E-state index contributed by atoms with van der Waals surface area (Å²) in [5.41, 5.74) is -0.355. The standard InChI is InChI=1S/C16H22N2O7/c1-9-5-6-10(18(23)24)7-11(9)14(21)12(8-13(19)20)17-15(22)25-16(2,3)4/h5-7,12,14,21H,8H2,1-4H3,(H,17,22)(H,19,20)/t12-,14?/m1/s1. The molecule has 1 aromatic rings. The average Bonchev–Trinajstić information content (AvgIpc) is 2.43. The summed E-state index contributed by atoms with van der Waals surface area (Å²) in [7, 11) is 0. The molecule has 2 atom stereocenters. The van der Waals surface area contributed by atoms with Crippen molar-refractivity contribution >= 4 is 17.7 Å². The molecule has 0 aromatic heterocycles. The number of aliphatic carboxylic acids is 1. The van der Waals surface area contributed by atoms with Gasteiger partial charge in [0, 0.05) is 12.1 Å². The molecule has 0 radical (unpaired) electrons. The van der Waals surface area contributed by atoms with Crippen LogP contribution in [0.4, 0.5) is 10.5 Å². The number of carbonyl (C=O) groups is 2. The van der Waals surface area contributed by atoms with Crippen molar-refractivity contribution in [2.75, 3.05) is 0 Å². The molecule has 0 saturated heterocycles. The molecule has 0 heterocycles. The topological polar surface area (TPSA) is 139 Å². The van der Waals surface area contributed by atoms with E-state index in [4.69, 9.17) is 9.84 Å². The van der Waals surface area contributed by atoms with E-state index in [1.165, 1.54) is 12.1 Å². The van der Waals surface area contributed by atoms with Gasteiger partial charge in [-0.05, 0) is 38.8 Å². The first-order valence-corrected chi connectivity index (χ1v) is 7.55. The number of rotatable bonds is 6. The minimum absolute atomic E-state index is 0.163. The molecule has 0 saturated carbocycles. The highest BCUT2D eigenvalue weighted by Gasteiger charge is 2.29. The van der Waals surface area contributed by atoms with Crippen molar-refractivity contribution in [1.29, 1.82) is 0 Å². The molecule has 25 heavy (non-hydrogen) atoms. The fourth-order valence-electron chi connectivity index (χ4n) is 2.17. The summed E-state index contributed by atoms with van der Waals surface area (Å²) in [6.07, 6.45) is -2.92. The van der Waals surface area contributed by atoms with Gasteiger partial charge in [-0.25, -0.2) is 4.79 Å². The van der Waals surface area contributed by atoms with E-state index in [1.54, 1.807) is 27.7 Å². The molecule has 9 nitrogen and oxygen atoms in total. The van der Waals surface area contributed by atoms with Gasteiger partial charge in [-0.2, -0.15) is 0 Å². The maximum Gasteiger partial charge on any atom is 0.407 e. The van der Waals surface area contributed by atoms with Crippen molar-refractivity contribution in [3.8, 4) is 0 Å². The molecule has 138 valence electrons. The number of benzene rings is 1. The second-order valence-corrected chi connectivity index (χ2v) is 6.59. The number of nitrogens with zero attached hydrogens (tertiary/aromatic N) is 1. The monoisotopic (exact) mass is 354 g/mol. The Morgan fingerprint density at radius 2 is 1.96 bits per heavy atom. The molecule has 0 spiro atoms.